The van der Waals surface area contributed by atoms with Crippen molar-refractivity contribution in [2.75, 3.05) is 0 Å². The van der Waals surface area contributed by atoms with Crippen LogP contribution in [0.5, 0.6) is 0 Å². The van der Waals surface area contributed by atoms with E-state index in [1.807, 2.05) is 0 Å². The van der Waals surface area contributed by atoms with Gasteiger partial charge in [-0.1, -0.05) is 0 Å². The fourth-order valence-corrected chi connectivity index (χ4v) is 3.43. The van der Waals surface area contributed by atoms with Crippen molar-refractivity contribution in [2.45, 2.75) is 63.7 Å². The molecule has 2 aliphatic carbocycles. The van der Waals surface area contributed by atoms with Crippen LogP contribution in [0.4, 0.5) is 4.79 Å². The van der Waals surface area contributed by atoms with Gasteiger partial charge >= 0.3 is 6.09 Å². The Hall–Kier alpha value is -2.46. The van der Waals surface area contributed by atoms with Crippen molar-refractivity contribution < 1.29 is 19.4 Å². The number of carbonyl (C=O) groups is 2. The minimum Gasteiger partial charge on any atom is -0.444 e. The van der Waals surface area contributed by atoms with Gasteiger partial charge in [-0.05, 0) is 57.6 Å². The van der Waals surface area contributed by atoms with Gasteiger partial charge in [-0.25, -0.2) is 4.79 Å². The zero-order valence-electron chi connectivity index (χ0n) is 15.2. The maximum absolute atomic E-state index is 12.1. The number of hydrogen-bond acceptors (Lipinski definition) is 6. The van der Waals surface area contributed by atoms with Crippen LogP contribution >= 0.6 is 0 Å². The Morgan fingerprint density at radius 3 is 2.73 bits per heavy atom. The lowest BCUT2D eigenvalue weighted by Crippen LogP contribution is -2.44. The monoisotopic (exact) mass is 357 g/mol. The lowest BCUT2D eigenvalue weighted by Gasteiger charge is -2.27. The second-order valence-electron chi connectivity index (χ2n) is 8.12. The van der Waals surface area contributed by atoms with Crippen LogP contribution in [-0.4, -0.2) is 33.6 Å². The van der Waals surface area contributed by atoms with E-state index in [0.717, 1.165) is 17.4 Å². The lowest BCUT2D eigenvalue weighted by molar-refractivity contribution is -0.110. The van der Waals surface area contributed by atoms with E-state index in [2.05, 4.69) is 16.4 Å². The zero-order valence-corrected chi connectivity index (χ0v) is 15.2. The Kier molecular flexibility index (Phi) is 4.49. The highest BCUT2D eigenvalue weighted by Crippen LogP contribution is 2.47. The molecule has 2 unspecified atom stereocenters. The molecule has 1 fully saturated rings. The van der Waals surface area contributed by atoms with Crippen molar-refractivity contribution in [1.82, 2.24) is 10.3 Å². The molecule has 138 valence electrons. The van der Waals surface area contributed by atoms with E-state index in [1.165, 1.54) is 0 Å². The maximum Gasteiger partial charge on any atom is 0.408 e. The molecule has 1 aromatic heterocycles. The normalized spacial score (nSPS) is 21.3. The second-order valence-corrected chi connectivity index (χ2v) is 8.12. The van der Waals surface area contributed by atoms with Crippen LogP contribution in [0.25, 0.3) is 0 Å². The summed E-state index contributed by atoms with van der Waals surface area (Å²) in [5.41, 5.74) is 0.723. The third kappa shape index (κ3) is 3.42. The van der Waals surface area contributed by atoms with Crippen molar-refractivity contribution in [3.63, 3.8) is 0 Å². The van der Waals surface area contributed by atoms with Crippen LogP contribution < -0.4 is 5.32 Å². The number of nitriles is 1. The number of aldehydes is 1. The summed E-state index contributed by atoms with van der Waals surface area (Å²) >= 11 is 0. The number of nitrogens with zero attached hydrogens (tertiary/aromatic N) is 2. The second kappa shape index (κ2) is 6.36. The number of ether oxygens (including phenoxy) is 1. The highest BCUT2D eigenvalue weighted by Gasteiger charge is 2.53. The number of alkyl carbamates (subject to hydrolysis) is 1. The minimum absolute atomic E-state index is 0.152. The van der Waals surface area contributed by atoms with Gasteiger partial charge in [0.05, 0.1) is 16.8 Å². The first-order valence-corrected chi connectivity index (χ1v) is 8.74. The highest BCUT2D eigenvalue weighted by molar-refractivity contribution is 5.70. The molecule has 0 aromatic carbocycles. The van der Waals surface area contributed by atoms with Gasteiger partial charge in [-0.3, -0.25) is 4.98 Å². The van der Waals surface area contributed by atoms with Gasteiger partial charge < -0.3 is 20.0 Å². The number of fused-ring (bicyclic) bond motifs is 1. The van der Waals surface area contributed by atoms with E-state index in [9.17, 15) is 20.0 Å². The van der Waals surface area contributed by atoms with Crippen LogP contribution in [0.2, 0.25) is 0 Å². The molecule has 0 spiro atoms. The molecule has 26 heavy (non-hydrogen) atoms. The molecule has 2 N–H and O–H groups in total. The molecule has 0 saturated heterocycles. The molecule has 7 heteroatoms. The average Bonchev–Trinajstić information content (AvgIpc) is 3.20. The molecule has 1 heterocycles. The summed E-state index contributed by atoms with van der Waals surface area (Å²) in [7, 11) is 0. The number of rotatable bonds is 4. The molecule has 1 aromatic rings. The van der Waals surface area contributed by atoms with Crippen LogP contribution in [-0.2, 0) is 22.4 Å². The largest absolute Gasteiger partial charge is 0.444 e. The molecule has 2 aliphatic rings. The van der Waals surface area contributed by atoms with Crippen LogP contribution in [0.1, 0.15) is 62.1 Å². The van der Waals surface area contributed by atoms with Crippen molar-refractivity contribution in [1.29, 1.82) is 5.26 Å². The number of aromatic nitrogens is 1. The number of nitrogens with one attached hydrogen (secondary N) is 1. The number of hydrogen-bond donors (Lipinski definition) is 2. The first-order chi connectivity index (χ1) is 12.2. The molecule has 1 saturated carbocycles. The van der Waals surface area contributed by atoms with Gasteiger partial charge in [-0.15, -0.1) is 0 Å². The van der Waals surface area contributed by atoms with Gasteiger partial charge in [0.15, 0.2) is 0 Å². The van der Waals surface area contributed by atoms with Crippen LogP contribution in [0.3, 0.4) is 0 Å². The zero-order chi connectivity index (χ0) is 19.1. The Bertz CT molecular complexity index is 787. The van der Waals surface area contributed by atoms with Crippen LogP contribution in [0.15, 0.2) is 6.20 Å². The molecule has 1 amide bonds. The number of amides is 1. The quantitative estimate of drug-likeness (QED) is 0.797. The predicted octanol–water partition coefficient (Wildman–Crippen LogP) is 1.96. The van der Waals surface area contributed by atoms with Gasteiger partial charge in [-0.2, -0.15) is 5.26 Å². The molecule has 2 atom stereocenters. The van der Waals surface area contributed by atoms with Gasteiger partial charge in [0.2, 0.25) is 0 Å². The van der Waals surface area contributed by atoms with Crippen molar-refractivity contribution in [2.24, 2.45) is 5.92 Å². The summed E-state index contributed by atoms with van der Waals surface area (Å²) in [6.07, 6.45) is 3.02. The molecular weight excluding hydrogens is 334 g/mol. The average molecular weight is 357 g/mol. The fourth-order valence-electron chi connectivity index (χ4n) is 3.43. The van der Waals surface area contributed by atoms with Gasteiger partial charge in [0, 0.05) is 12.1 Å². The van der Waals surface area contributed by atoms with Crippen LogP contribution in [0, 0.1) is 17.2 Å². The summed E-state index contributed by atoms with van der Waals surface area (Å²) in [6.45, 7) is 5.30. The molecular formula is C19H23N3O4. The number of carbonyl (C=O) groups excluding carboxylic acids is 2. The van der Waals surface area contributed by atoms with Crippen molar-refractivity contribution in [3.05, 3.63) is 28.6 Å². The Balaban J connectivity index is 1.85. The van der Waals surface area contributed by atoms with E-state index < -0.39 is 23.3 Å². The van der Waals surface area contributed by atoms with E-state index in [0.29, 0.717) is 31.2 Å². The highest BCUT2D eigenvalue weighted by atomic mass is 16.6. The van der Waals surface area contributed by atoms with E-state index in [1.54, 1.807) is 27.0 Å². The Labute approximate surface area is 152 Å². The lowest BCUT2D eigenvalue weighted by atomic mass is 9.96. The third-order valence-corrected chi connectivity index (χ3v) is 4.88. The van der Waals surface area contributed by atoms with E-state index in [-0.39, 0.29) is 11.6 Å². The first kappa shape index (κ1) is 18.3. The molecule has 0 radical (unpaired) electrons. The standard InChI is InChI=1S/C19H23N3O4/c1-18(2,3)26-17(25)22-19(4-5-19)16(24)15-14(8-20)13-7-11(10-23)6-12(13)9-21-15/h9-11,16,24H,4-7H2,1-3H3,(H,22,25). The minimum atomic E-state index is -1.11. The predicted molar refractivity (Wildman–Crippen MR) is 92.2 cm³/mol. The van der Waals surface area contributed by atoms with Crippen molar-refractivity contribution >= 4 is 12.4 Å². The number of aliphatic hydroxyl groups excluding tert-OH is 1. The van der Waals surface area contributed by atoms with E-state index in [4.69, 9.17) is 4.74 Å². The maximum atomic E-state index is 12.1. The first-order valence-electron chi connectivity index (χ1n) is 8.74. The van der Waals surface area contributed by atoms with Gasteiger partial charge in [0.25, 0.3) is 0 Å². The van der Waals surface area contributed by atoms with E-state index >= 15 is 0 Å². The summed E-state index contributed by atoms with van der Waals surface area (Å²) in [6, 6.07) is 2.13. The Morgan fingerprint density at radius 1 is 1.50 bits per heavy atom. The van der Waals surface area contributed by atoms with Crippen molar-refractivity contribution in [3.8, 4) is 6.07 Å². The summed E-state index contributed by atoms with van der Waals surface area (Å²) in [5.74, 6) is -0.152. The topological polar surface area (TPSA) is 112 Å². The molecule has 7 nitrogen and oxygen atoms in total. The summed E-state index contributed by atoms with van der Waals surface area (Å²) in [5, 5.41) is 23.2. The molecule has 3 rings (SSSR count). The molecule has 0 bridgehead atoms. The number of aliphatic hydroxyl groups is 1. The van der Waals surface area contributed by atoms with Gasteiger partial charge in [0.1, 0.15) is 24.1 Å². The summed E-state index contributed by atoms with van der Waals surface area (Å²) < 4.78 is 5.27. The number of pyridine rings is 1. The third-order valence-electron chi connectivity index (χ3n) is 4.88. The SMILES string of the molecule is CC(C)(C)OC(=O)NC1(C(O)c2ncc3c(c2C#N)CC(C=O)C3)CC1. The molecule has 0 aliphatic heterocycles. The summed E-state index contributed by atoms with van der Waals surface area (Å²) in [4.78, 5) is 27.5. The fraction of sp³-hybridized carbons (Fsp3) is 0.579. The Morgan fingerprint density at radius 2 is 2.19 bits per heavy atom. The smallest absolute Gasteiger partial charge is 0.408 e.